The van der Waals surface area contributed by atoms with Crippen molar-refractivity contribution in [2.45, 2.75) is 67.4 Å². The summed E-state index contributed by atoms with van der Waals surface area (Å²) in [6, 6.07) is 0. The summed E-state index contributed by atoms with van der Waals surface area (Å²) in [7, 11) is 0. The molecule has 5 nitrogen and oxygen atoms in total. The second-order valence-electron chi connectivity index (χ2n) is 8.08. The molecule has 6 rings (SSSR count). The molecule has 5 fully saturated rings. The zero-order valence-electron chi connectivity index (χ0n) is 13.7. The summed E-state index contributed by atoms with van der Waals surface area (Å²) in [5, 5.41) is 4.35. The van der Waals surface area contributed by atoms with Gasteiger partial charge in [0.1, 0.15) is 6.10 Å². The van der Waals surface area contributed by atoms with Crippen LogP contribution in [0.25, 0.3) is 0 Å². The van der Waals surface area contributed by atoms with Gasteiger partial charge in [0.15, 0.2) is 0 Å². The highest BCUT2D eigenvalue weighted by Gasteiger charge is 2.51. The van der Waals surface area contributed by atoms with Crippen molar-refractivity contribution < 1.29 is 9.53 Å². The fraction of sp³-hybridized carbons (Fsp3) is 0.824. The van der Waals surface area contributed by atoms with Crippen LogP contribution in [0.15, 0.2) is 5.16 Å². The third-order valence-corrected chi connectivity index (χ3v) is 8.19. The van der Waals surface area contributed by atoms with E-state index in [1.165, 1.54) is 50.1 Å². The Labute approximate surface area is 150 Å². The van der Waals surface area contributed by atoms with E-state index >= 15 is 0 Å². The van der Waals surface area contributed by atoms with Gasteiger partial charge in [0.05, 0.1) is 0 Å². The number of amides is 1. The Balaban J connectivity index is 1.25. The molecule has 1 saturated heterocycles. The Morgan fingerprint density at radius 1 is 1.21 bits per heavy atom. The summed E-state index contributed by atoms with van der Waals surface area (Å²) in [6.07, 6.45) is 9.81. The van der Waals surface area contributed by atoms with Crippen molar-refractivity contribution in [2.24, 2.45) is 17.8 Å². The molecule has 7 heteroatoms. The molecule has 1 amide bonds. The minimum Gasteiger partial charge on any atom is -0.368 e. The summed E-state index contributed by atoms with van der Waals surface area (Å²) in [5.74, 6) is 2.72. The second kappa shape index (κ2) is 5.95. The van der Waals surface area contributed by atoms with E-state index < -0.39 is 0 Å². The van der Waals surface area contributed by atoms with E-state index in [2.05, 4.69) is 14.7 Å². The number of hydrogen-bond acceptors (Lipinski definition) is 6. The van der Waals surface area contributed by atoms with Gasteiger partial charge in [0.25, 0.3) is 5.91 Å². The number of nitrogens with one attached hydrogen (secondary N) is 1. The van der Waals surface area contributed by atoms with Crippen molar-refractivity contribution in [3.05, 3.63) is 0 Å². The van der Waals surface area contributed by atoms with Crippen LogP contribution >= 0.6 is 23.3 Å². The number of carbonyl (C=O) groups excluding carboxylic acids is 1. The fourth-order valence-corrected chi connectivity index (χ4v) is 7.90. The van der Waals surface area contributed by atoms with E-state index in [1.54, 1.807) is 0 Å². The largest absolute Gasteiger partial charge is 0.368 e. The SMILES string of the molecule is O=C(Nc1nc(SC23CC4CC(CC(C4)C2)C3)ns1)[C@H]1CCCO1. The number of hydrogen-bond donors (Lipinski definition) is 1. The number of ether oxygens (including phenoxy) is 1. The first-order valence-electron chi connectivity index (χ1n) is 9.13. The van der Waals surface area contributed by atoms with Crippen LogP contribution < -0.4 is 5.32 Å². The minimum absolute atomic E-state index is 0.0741. The molecule has 1 atom stereocenters. The monoisotopic (exact) mass is 365 g/mol. The summed E-state index contributed by atoms with van der Waals surface area (Å²) in [6.45, 7) is 0.682. The molecule has 0 spiro atoms. The van der Waals surface area contributed by atoms with Crippen molar-refractivity contribution in [1.29, 1.82) is 0 Å². The van der Waals surface area contributed by atoms with Crippen molar-refractivity contribution in [3.8, 4) is 0 Å². The molecule has 0 unspecified atom stereocenters. The van der Waals surface area contributed by atoms with Crippen LogP contribution in [-0.4, -0.2) is 32.7 Å². The molecule has 1 aromatic rings. The van der Waals surface area contributed by atoms with Gasteiger partial charge < -0.3 is 4.74 Å². The number of rotatable bonds is 4. The molecule has 0 radical (unpaired) electrons. The third kappa shape index (κ3) is 2.88. The molecule has 4 aliphatic carbocycles. The quantitative estimate of drug-likeness (QED) is 0.881. The summed E-state index contributed by atoms with van der Waals surface area (Å²) >= 11 is 3.18. The lowest BCUT2D eigenvalue weighted by Crippen LogP contribution is -2.48. The first kappa shape index (κ1) is 15.6. The molecule has 2 heterocycles. The Morgan fingerprint density at radius 3 is 2.54 bits per heavy atom. The zero-order chi connectivity index (χ0) is 16.1. The Morgan fingerprint density at radius 2 is 1.92 bits per heavy atom. The predicted octanol–water partition coefficient (Wildman–Crippen LogP) is 3.72. The Hall–Kier alpha value is -0.660. The van der Waals surface area contributed by atoms with Crippen molar-refractivity contribution in [1.82, 2.24) is 9.36 Å². The molecule has 1 aliphatic heterocycles. The van der Waals surface area contributed by atoms with Crippen LogP contribution in [0.2, 0.25) is 0 Å². The normalized spacial score (nSPS) is 40.2. The van der Waals surface area contributed by atoms with Crippen LogP contribution in [0.3, 0.4) is 0 Å². The van der Waals surface area contributed by atoms with Crippen LogP contribution in [0.1, 0.15) is 51.4 Å². The first-order chi connectivity index (χ1) is 11.7. The number of nitrogens with zero attached hydrogens (tertiary/aromatic N) is 2. The molecular weight excluding hydrogens is 342 g/mol. The number of aromatic nitrogens is 2. The van der Waals surface area contributed by atoms with E-state index in [4.69, 9.17) is 4.74 Å². The first-order valence-corrected chi connectivity index (χ1v) is 10.7. The van der Waals surface area contributed by atoms with Crippen LogP contribution in [0.4, 0.5) is 5.13 Å². The molecule has 1 N–H and O–H groups in total. The van der Waals surface area contributed by atoms with E-state index in [0.717, 1.165) is 35.8 Å². The van der Waals surface area contributed by atoms with Crippen LogP contribution in [-0.2, 0) is 9.53 Å². The van der Waals surface area contributed by atoms with Crippen LogP contribution in [0.5, 0.6) is 0 Å². The predicted molar refractivity (Wildman–Crippen MR) is 94.3 cm³/mol. The lowest BCUT2D eigenvalue weighted by atomic mass is 9.56. The van der Waals surface area contributed by atoms with E-state index in [9.17, 15) is 4.79 Å². The fourth-order valence-electron chi connectivity index (χ4n) is 5.62. The molecule has 1 aromatic heterocycles. The molecule has 4 bridgehead atoms. The molecule has 0 aromatic carbocycles. The van der Waals surface area contributed by atoms with Crippen molar-refractivity contribution >= 4 is 34.3 Å². The number of anilines is 1. The maximum absolute atomic E-state index is 12.1. The zero-order valence-corrected chi connectivity index (χ0v) is 15.3. The molecule has 5 aliphatic rings. The van der Waals surface area contributed by atoms with Crippen molar-refractivity contribution in [3.63, 3.8) is 0 Å². The summed E-state index contributed by atoms with van der Waals surface area (Å²) in [4.78, 5) is 16.7. The van der Waals surface area contributed by atoms with Gasteiger partial charge in [-0.05, 0) is 69.1 Å². The van der Waals surface area contributed by atoms with E-state index in [-0.39, 0.29) is 12.0 Å². The lowest BCUT2D eigenvalue weighted by Gasteiger charge is -2.56. The molecule has 4 saturated carbocycles. The topological polar surface area (TPSA) is 64.1 Å². The van der Waals surface area contributed by atoms with Gasteiger partial charge in [0.2, 0.25) is 10.3 Å². The Bertz CT molecular complexity index is 606. The number of carbonyl (C=O) groups is 1. The van der Waals surface area contributed by atoms with Gasteiger partial charge >= 0.3 is 0 Å². The van der Waals surface area contributed by atoms with Gasteiger partial charge in [-0.2, -0.15) is 9.36 Å². The Kier molecular flexibility index (Phi) is 3.87. The maximum Gasteiger partial charge on any atom is 0.255 e. The third-order valence-electron chi connectivity index (χ3n) is 6.15. The highest BCUT2D eigenvalue weighted by Crippen LogP contribution is 2.61. The van der Waals surface area contributed by atoms with E-state index in [1.807, 2.05) is 11.8 Å². The highest BCUT2D eigenvalue weighted by molar-refractivity contribution is 8.00. The minimum atomic E-state index is -0.312. The molecular formula is C17H23N3O2S2. The van der Waals surface area contributed by atoms with Crippen molar-refractivity contribution in [2.75, 3.05) is 11.9 Å². The van der Waals surface area contributed by atoms with Gasteiger partial charge in [0, 0.05) is 22.9 Å². The maximum atomic E-state index is 12.1. The molecule has 130 valence electrons. The summed E-state index contributed by atoms with van der Waals surface area (Å²) < 4.78 is 10.3. The van der Waals surface area contributed by atoms with Gasteiger partial charge in [-0.15, -0.1) is 0 Å². The molecule has 24 heavy (non-hydrogen) atoms. The average Bonchev–Trinajstić information content (AvgIpc) is 3.17. The van der Waals surface area contributed by atoms with Gasteiger partial charge in [-0.1, -0.05) is 11.8 Å². The standard InChI is InChI=1S/C17H23N3O2S2/c21-14(13-2-1-3-22-13)18-15-19-16(20-24-15)23-17-7-10-4-11(8-17)6-12(5-10)9-17/h10-13H,1-9H2,(H,18,19,20,21)/t10?,11?,12?,13-,17?/m1/s1. The second-order valence-corrected chi connectivity index (χ2v) is 10.3. The van der Waals surface area contributed by atoms with E-state index in [0.29, 0.717) is 16.5 Å². The van der Waals surface area contributed by atoms with Crippen LogP contribution in [0, 0.1) is 17.8 Å². The average molecular weight is 366 g/mol. The summed E-state index contributed by atoms with van der Waals surface area (Å²) in [5.41, 5.74) is 0. The smallest absolute Gasteiger partial charge is 0.255 e. The van der Waals surface area contributed by atoms with Gasteiger partial charge in [-0.25, -0.2) is 0 Å². The number of thioether (sulfide) groups is 1. The highest BCUT2D eigenvalue weighted by atomic mass is 32.2. The van der Waals surface area contributed by atoms with Gasteiger partial charge in [-0.3, -0.25) is 10.1 Å². The lowest BCUT2D eigenvalue weighted by molar-refractivity contribution is -0.124.